The number of benzene rings is 8. The van der Waals surface area contributed by atoms with Crippen molar-refractivity contribution in [3.63, 3.8) is 0 Å². The minimum Gasteiger partial charge on any atom is -0.457 e. The van der Waals surface area contributed by atoms with Gasteiger partial charge in [0.1, 0.15) is 23.0 Å². The predicted molar refractivity (Wildman–Crippen MR) is 215 cm³/mol. The van der Waals surface area contributed by atoms with E-state index < -0.39 is 12.6 Å². The van der Waals surface area contributed by atoms with Gasteiger partial charge in [0.15, 0.2) is 7.14 Å². The first-order chi connectivity index (χ1) is 26.1. The molecule has 0 aliphatic carbocycles. The lowest BCUT2D eigenvalue weighted by Crippen LogP contribution is -2.37. The van der Waals surface area contributed by atoms with Crippen LogP contribution in [0.4, 0.5) is 0 Å². The fourth-order valence-electron chi connectivity index (χ4n) is 8.28. The lowest BCUT2D eigenvalue weighted by atomic mass is 9.62. The van der Waals surface area contributed by atoms with E-state index in [4.69, 9.17) is 9.47 Å². The quantitative estimate of drug-likeness (QED) is 0.168. The van der Waals surface area contributed by atoms with Crippen LogP contribution in [0, 0.1) is 0 Å². The van der Waals surface area contributed by atoms with Crippen LogP contribution in [0.25, 0.3) is 22.3 Å². The largest absolute Gasteiger partial charge is 0.457 e. The molecular weight excluding hydrogens is 668 g/mol. The molecule has 3 nitrogen and oxygen atoms in total. The number of fused-ring (bicyclic) bond motifs is 8. The topological polar surface area (TPSA) is 35.5 Å². The Bertz CT molecular complexity index is 2570. The highest BCUT2D eigenvalue weighted by atomic mass is 31.2. The number of rotatable bonds is 5. The number of hydrogen-bond acceptors (Lipinski definition) is 3. The first-order valence-corrected chi connectivity index (χ1v) is 19.6. The maximum Gasteiger partial charge on any atom is 0.171 e. The van der Waals surface area contributed by atoms with Crippen molar-refractivity contribution in [3.8, 4) is 45.3 Å². The Morgan fingerprint density at radius 1 is 0.321 bits per heavy atom. The van der Waals surface area contributed by atoms with Gasteiger partial charge in [-0.2, -0.15) is 0 Å². The lowest BCUT2D eigenvalue weighted by Gasteiger charge is -2.45. The van der Waals surface area contributed by atoms with E-state index in [0.717, 1.165) is 72.4 Å². The Morgan fingerprint density at radius 3 is 1.19 bits per heavy atom. The van der Waals surface area contributed by atoms with Crippen molar-refractivity contribution in [1.82, 2.24) is 0 Å². The van der Waals surface area contributed by atoms with Gasteiger partial charge >= 0.3 is 0 Å². The molecule has 2 aliphatic rings. The summed E-state index contributed by atoms with van der Waals surface area (Å²) < 4.78 is 29.8. The van der Waals surface area contributed by atoms with Crippen molar-refractivity contribution in [1.29, 1.82) is 0 Å². The van der Waals surface area contributed by atoms with Crippen LogP contribution in [0.5, 0.6) is 23.0 Å². The third kappa shape index (κ3) is 4.85. The summed E-state index contributed by atoms with van der Waals surface area (Å²) in [5, 5.41) is 2.23. The molecule has 2 heterocycles. The fourth-order valence-corrected chi connectivity index (χ4v) is 11.0. The minimum absolute atomic E-state index is 0.673. The van der Waals surface area contributed by atoms with Gasteiger partial charge in [0.25, 0.3) is 0 Å². The van der Waals surface area contributed by atoms with Crippen LogP contribution in [0.3, 0.4) is 0 Å². The normalized spacial score (nSPS) is 13.4. The highest BCUT2D eigenvalue weighted by Gasteiger charge is 2.50. The summed E-state index contributed by atoms with van der Waals surface area (Å²) in [6, 6.07) is 67.9. The predicted octanol–water partition coefficient (Wildman–Crippen LogP) is 11.3. The van der Waals surface area contributed by atoms with Gasteiger partial charge in [-0.25, -0.2) is 0 Å². The summed E-state index contributed by atoms with van der Waals surface area (Å²) >= 11 is 0. The molecule has 0 saturated heterocycles. The van der Waals surface area contributed by atoms with Gasteiger partial charge in [0.05, 0.1) is 5.41 Å². The standard InChI is InChI=1S/C49H33O3P/c50-53(38-21-13-19-36(31-38)34-15-3-1-4-16-34,39-22-14-20-37(32-39)35-17-5-2-6-18-35)40-29-30-44-48(33-40)52-47-28-12-9-25-43(47)49(44)41-23-7-10-26-45(41)51-46-27-11-8-24-42(46)49/h1-33H. The highest BCUT2D eigenvalue weighted by molar-refractivity contribution is 7.85. The van der Waals surface area contributed by atoms with Crippen LogP contribution in [0.15, 0.2) is 200 Å². The summed E-state index contributed by atoms with van der Waals surface area (Å²) in [6.45, 7) is 0. The van der Waals surface area contributed by atoms with Gasteiger partial charge in [-0.15, -0.1) is 0 Å². The number of hydrogen-bond donors (Lipinski definition) is 0. The van der Waals surface area contributed by atoms with Gasteiger partial charge in [-0.1, -0.05) is 164 Å². The Labute approximate surface area is 309 Å². The first-order valence-electron chi connectivity index (χ1n) is 17.9. The first kappa shape index (κ1) is 31.3. The van der Waals surface area contributed by atoms with Crippen molar-refractivity contribution in [3.05, 3.63) is 222 Å². The molecule has 0 unspecified atom stereocenters. The smallest absolute Gasteiger partial charge is 0.171 e. The van der Waals surface area contributed by atoms with E-state index in [1.54, 1.807) is 0 Å². The summed E-state index contributed by atoms with van der Waals surface area (Å²) in [4.78, 5) is 0. The monoisotopic (exact) mass is 700 g/mol. The Balaban J connectivity index is 1.23. The maximum absolute atomic E-state index is 16.4. The van der Waals surface area contributed by atoms with Crippen LogP contribution >= 0.6 is 7.14 Å². The van der Waals surface area contributed by atoms with Gasteiger partial charge < -0.3 is 14.0 Å². The second-order valence-electron chi connectivity index (χ2n) is 13.6. The van der Waals surface area contributed by atoms with E-state index in [-0.39, 0.29) is 0 Å². The molecule has 8 aromatic carbocycles. The molecule has 0 aromatic heterocycles. The molecule has 0 bridgehead atoms. The summed E-state index contributed by atoms with van der Waals surface area (Å²) in [7, 11) is -3.49. The molecule has 252 valence electrons. The average Bonchev–Trinajstić information content (AvgIpc) is 3.24. The third-order valence-corrected chi connectivity index (χ3v) is 13.7. The minimum atomic E-state index is -3.49. The van der Waals surface area contributed by atoms with Crippen LogP contribution < -0.4 is 25.4 Å². The molecule has 0 fully saturated rings. The Hall–Kier alpha value is -6.41. The van der Waals surface area contributed by atoms with Crippen molar-refractivity contribution < 1.29 is 14.0 Å². The molecule has 53 heavy (non-hydrogen) atoms. The molecular formula is C49H33O3P. The second kappa shape index (κ2) is 12.4. The Morgan fingerprint density at radius 2 is 0.698 bits per heavy atom. The van der Waals surface area contributed by atoms with Crippen LogP contribution in [0.2, 0.25) is 0 Å². The van der Waals surface area contributed by atoms with E-state index in [1.165, 1.54) is 0 Å². The molecule has 0 radical (unpaired) electrons. The van der Waals surface area contributed by atoms with E-state index >= 15 is 4.57 Å². The fraction of sp³-hybridized carbons (Fsp3) is 0.0204. The zero-order chi connectivity index (χ0) is 35.4. The summed E-state index contributed by atoms with van der Waals surface area (Å²) in [5.41, 5.74) is 7.55. The molecule has 2 aliphatic heterocycles. The van der Waals surface area contributed by atoms with E-state index in [9.17, 15) is 0 Å². The maximum atomic E-state index is 16.4. The molecule has 0 atom stereocenters. The Kier molecular flexibility index (Phi) is 7.32. The molecule has 8 aromatic rings. The SMILES string of the molecule is O=P(c1cccc(-c2ccccc2)c1)(c1cccc(-c2ccccc2)c1)c1ccc2c(c1)Oc1ccccc1C21c2ccccc2Oc2ccccc21. The third-order valence-electron chi connectivity index (χ3n) is 10.7. The van der Waals surface area contributed by atoms with Crippen molar-refractivity contribution >= 4 is 23.1 Å². The second-order valence-corrected chi connectivity index (χ2v) is 16.3. The van der Waals surface area contributed by atoms with Crippen molar-refractivity contribution in [2.75, 3.05) is 0 Å². The zero-order valence-corrected chi connectivity index (χ0v) is 29.6. The van der Waals surface area contributed by atoms with E-state index in [0.29, 0.717) is 11.1 Å². The molecule has 0 N–H and O–H groups in total. The van der Waals surface area contributed by atoms with Crippen LogP contribution in [0.1, 0.15) is 22.3 Å². The molecule has 0 saturated carbocycles. The molecule has 10 rings (SSSR count). The summed E-state index contributed by atoms with van der Waals surface area (Å²) in [5.74, 6) is 3.04. The number of para-hydroxylation sites is 3. The van der Waals surface area contributed by atoms with Crippen molar-refractivity contribution in [2.45, 2.75) is 5.41 Å². The van der Waals surface area contributed by atoms with Crippen LogP contribution in [-0.4, -0.2) is 0 Å². The van der Waals surface area contributed by atoms with Gasteiger partial charge in [-0.3, -0.25) is 0 Å². The van der Waals surface area contributed by atoms with Gasteiger partial charge in [0.2, 0.25) is 0 Å². The van der Waals surface area contributed by atoms with E-state index in [1.807, 2.05) is 103 Å². The lowest BCUT2D eigenvalue weighted by molar-refractivity contribution is 0.399. The van der Waals surface area contributed by atoms with Crippen molar-refractivity contribution in [2.24, 2.45) is 0 Å². The number of ether oxygens (including phenoxy) is 2. The molecule has 0 amide bonds. The molecule has 4 heteroatoms. The molecule has 1 spiro atoms. The summed E-state index contributed by atoms with van der Waals surface area (Å²) in [6.07, 6.45) is 0. The van der Waals surface area contributed by atoms with E-state index in [2.05, 4.69) is 97.1 Å². The van der Waals surface area contributed by atoms with Gasteiger partial charge in [-0.05, 0) is 58.7 Å². The van der Waals surface area contributed by atoms with Crippen LogP contribution in [-0.2, 0) is 9.98 Å². The zero-order valence-electron chi connectivity index (χ0n) is 28.7. The van der Waals surface area contributed by atoms with Gasteiger partial charge in [0, 0.05) is 38.2 Å². The average molecular weight is 701 g/mol. The highest BCUT2D eigenvalue weighted by Crippen LogP contribution is 2.61.